The Kier molecular flexibility index (Phi) is 5.06. The summed E-state index contributed by atoms with van der Waals surface area (Å²) < 4.78 is 4.92. The Morgan fingerprint density at radius 2 is 1.82 bits per heavy atom. The number of ether oxygens (including phenoxy) is 1. The molecule has 22 heavy (non-hydrogen) atoms. The molecule has 0 aromatic heterocycles. The molecular weight excluding hydrogens is 282 g/mol. The van der Waals surface area contributed by atoms with Gasteiger partial charge >= 0.3 is 5.97 Å². The van der Waals surface area contributed by atoms with Crippen molar-refractivity contribution < 1.29 is 19.4 Å². The van der Waals surface area contributed by atoms with Crippen LogP contribution in [0, 0.1) is 6.92 Å². The molecule has 5 nitrogen and oxygen atoms in total. The highest BCUT2D eigenvalue weighted by molar-refractivity contribution is 6.00. The van der Waals surface area contributed by atoms with E-state index < -0.39 is 17.4 Å². The number of carbonyl (C=O) groups excluding carboxylic acids is 2. The molecule has 0 bridgehead atoms. The van der Waals surface area contributed by atoms with Crippen LogP contribution in [0.25, 0.3) is 0 Å². The third kappa shape index (κ3) is 3.24. The molecule has 2 N–H and O–H groups in total. The number of phenols is 1. The zero-order chi connectivity index (χ0) is 16.2. The lowest BCUT2D eigenvalue weighted by Crippen LogP contribution is -2.54. The molecule has 1 aromatic carbocycles. The lowest BCUT2D eigenvalue weighted by atomic mass is 9.89. The molecule has 0 radical (unpaired) electrons. The van der Waals surface area contributed by atoms with Gasteiger partial charge in [0.2, 0.25) is 0 Å². The fourth-order valence-electron chi connectivity index (χ4n) is 3.03. The summed E-state index contributed by atoms with van der Waals surface area (Å²) in [5.41, 5.74) is -0.174. The minimum absolute atomic E-state index is 0.0476. The highest BCUT2D eigenvalue weighted by Gasteiger charge is 2.41. The van der Waals surface area contributed by atoms with Crippen molar-refractivity contribution in [3.63, 3.8) is 0 Å². The Labute approximate surface area is 130 Å². The number of rotatable bonds is 3. The van der Waals surface area contributed by atoms with Gasteiger partial charge in [-0.05, 0) is 31.4 Å². The summed E-state index contributed by atoms with van der Waals surface area (Å²) in [6, 6.07) is 5.00. The lowest BCUT2D eigenvalue weighted by molar-refractivity contribution is -0.148. The van der Waals surface area contributed by atoms with E-state index in [1.54, 1.807) is 25.1 Å². The van der Waals surface area contributed by atoms with Crippen LogP contribution in [-0.2, 0) is 9.53 Å². The number of nitrogens with one attached hydrogen (secondary N) is 1. The molecular formula is C17H23NO4. The van der Waals surface area contributed by atoms with Crippen LogP contribution in [0.3, 0.4) is 0 Å². The number of esters is 1. The van der Waals surface area contributed by atoms with Gasteiger partial charge in [0, 0.05) is 0 Å². The topological polar surface area (TPSA) is 75.6 Å². The minimum atomic E-state index is -0.988. The number of methoxy groups -OCH3 is 1. The summed E-state index contributed by atoms with van der Waals surface area (Å²) in [7, 11) is 1.34. The maximum atomic E-state index is 12.5. The quantitative estimate of drug-likeness (QED) is 0.665. The fraction of sp³-hybridized carbons (Fsp3) is 0.529. The van der Waals surface area contributed by atoms with Gasteiger partial charge in [-0.25, -0.2) is 4.79 Å². The zero-order valence-corrected chi connectivity index (χ0v) is 13.1. The molecule has 2 rings (SSSR count). The number of amides is 1. The SMILES string of the molecule is COC(=O)C1(NC(=O)c2cccc(C)c2O)CCCCCC1. The van der Waals surface area contributed by atoms with Gasteiger partial charge in [0.15, 0.2) is 0 Å². The Morgan fingerprint density at radius 3 is 2.41 bits per heavy atom. The van der Waals surface area contributed by atoms with Crippen LogP contribution in [-0.4, -0.2) is 29.6 Å². The Bertz CT molecular complexity index is 560. The van der Waals surface area contributed by atoms with Crippen molar-refractivity contribution in [1.82, 2.24) is 5.32 Å². The van der Waals surface area contributed by atoms with Crippen LogP contribution in [0.2, 0.25) is 0 Å². The largest absolute Gasteiger partial charge is 0.507 e. The van der Waals surface area contributed by atoms with Crippen LogP contribution in [0.5, 0.6) is 5.75 Å². The number of aromatic hydroxyl groups is 1. The normalized spacial score (nSPS) is 17.4. The first kappa shape index (κ1) is 16.3. The third-order valence-electron chi connectivity index (χ3n) is 4.37. The molecule has 0 atom stereocenters. The highest BCUT2D eigenvalue weighted by atomic mass is 16.5. The van der Waals surface area contributed by atoms with E-state index in [-0.39, 0.29) is 11.3 Å². The minimum Gasteiger partial charge on any atom is -0.507 e. The summed E-state index contributed by atoms with van der Waals surface area (Å²) in [5.74, 6) is -0.892. The van der Waals surface area contributed by atoms with Crippen LogP contribution in [0.15, 0.2) is 18.2 Å². The van der Waals surface area contributed by atoms with E-state index in [0.717, 1.165) is 25.7 Å². The first-order valence-electron chi connectivity index (χ1n) is 7.70. The number of para-hydroxylation sites is 1. The summed E-state index contributed by atoms with van der Waals surface area (Å²) in [5, 5.41) is 12.9. The van der Waals surface area contributed by atoms with Crippen molar-refractivity contribution in [2.75, 3.05) is 7.11 Å². The standard InChI is InChI=1S/C17H23NO4/c1-12-8-7-9-13(14(12)19)15(20)18-17(16(21)22-2)10-5-3-4-6-11-17/h7-9,19H,3-6,10-11H2,1-2H3,(H,18,20). The molecule has 1 amide bonds. The fourth-order valence-corrected chi connectivity index (χ4v) is 3.03. The molecule has 0 aliphatic heterocycles. The molecule has 0 unspecified atom stereocenters. The average molecular weight is 305 g/mol. The van der Waals surface area contributed by atoms with Gasteiger partial charge in [-0.1, -0.05) is 37.8 Å². The number of hydrogen-bond donors (Lipinski definition) is 2. The van der Waals surface area contributed by atoms with Gasteiger partial charge in [-0.15, -0.1) is 0 Å². The van der Waals surface area contributed by atoms with Gasteiger partial charge in [0.1, 0.15) is 11.3 Å². The van der Waals surface area contributed by atoms with E-state index in [0.29, 0.717) is 18.4 Å². The number of carbonyl (C=O) groups is 2. The second-order valence-corrected chi connectivity index (χ2v) is 5.91. The second kappa shape index (κ2) is 6.81. The summed E-state index contributed by atoms with van der Waals surface area (Å²) in [6.07, 6.45) is 4.97. The Morgan fingerprint density at radius 1 is 1.18 bits per heavy atom. The predicted molar refractivity (Wildman–Crippen MR) is 82.8 cm³/mol. The van der Waals surface area contributed by atoms with E-state index in [2.05, 4.69) is 5.32 Å². The van der Waals surface area contributed by atoms with Gasteiger partial charge in [0.05, 0.1) is 12.7 Å². The van der Waals surface area contributed by atoms with Crippen molar-refractivity contribution >= 4 is 11.9 Å². The van der Waals surface area contributed by atoms with Crippen LogP contribution in [0.1, 0.15) is 54.4 Å². The number of benzene rings is 1. The number of phenolic OH excluding ortho intramolecular Hbond substituents is 1. The Hall–Kier alpha value is -2.04. The van der Waals surface area contributed by atoms with Gasteiger partial charge < -0.3 is 15.2 Å². The van der Waals surface area contributed by atoms with E-state index in [1.807, 2.05) is 0 Å². The number of hydrogen-bond acceptors (Lipinski definition) is 4. The average Bonchev–Trinajstić information content (AvgIpc) is 2.75. The molecule has 0 saturated heterocycles. The van der Waals surface area contributed by atoms with E-state index in [4.69, 9.17) is 4.74 Å². The number of aryl methyl sites for hydroxylation is 1. The first-order valence-corrected chi connectivity index (χ1v) is 7.70. The molecule has 1 aliphatic carbocycles. The molecule has 120 valence electrons. The zero-order valence-electron chi connectivity index (χ0n) is 13.1. The van der Waals surface area contributed by atoms with E-state index >= 15 is 0 Å². The highest BCUT2D eigenvalue weighted by Crippen LogP contribution is 2.30. The molecule has 0 heterocycles. The molecule has 0 spiro atoms. The summed E-state index contributed by atoms with van der Waals surface area (Å²) in [4.78, 5) is 24.8. The lowest BCUT2D eigenvalue weighted by Gasteiger charge is -2.31. The van der Waals surface area contributed by atoms with Gasteiger partial charge in [-0.3, -0.25) is 4.79 Å². The predicted octanol–water partition coefficient (Wildman–Crippen LogP) is 2.70. The smallest absolute Gasteiger partial charge is 0.331 e. The van der Waals surface area contributed by atoms with Crippen molar-refractivity contribution in [1.29, 1.82) is 0 Å². The molecule has 5 heteroatoms. The van der Waals surface area contributed by atoms with Crippen LogP contribution < -0.4 is 5.32 Å². The molecule has 1 fully saturated rings. The summed E-state index contributed by atoms with van der Waals surface area (Å²) in [6.45, 7) is 1.73. The van der Waals surface area contributed by atoms with Crippen molar-refractivity contribution in [2.24, 2.45) is 0 Å². The second-order valence-electron chi connectivity index (χ2n) is 5.91. The first-order chi connectivity index (χ1) is 10.5. The summed E-state index contributed by atoms with van der Waals surface area (Å²) >= 11 is 0. The van der Waals surface area contributed by atoms with Crippen molar-refractivity contribution in [2.45, 2.75) is 51.0 Å². The maximum Gasteiger partial charge on any atom is 0.331 e. The van der Waals surface area contributed by atoms with E-state index in [1.165, 1.54) is 7.11 Å². The van der Waals surface area contributed by atoms with E-state index in [9.17, 15) is 14.7 Å². The third-order valence-corrected chi connectivity index (χ3v) is 4.37. The van der Waals surface area contributed by atoms with Crippen molar-refractivity contribution in [3.05, 3.63) is 29.3 Å². The van der Waals surface area contributed by atoms with Gasteiger partial charge in [0.25, 0.3) is 5.91 Å². The Balaban J connectivity index is 2.28. The molecule has 1 saturated carbocycles. The van der Waals surface area contributed by atoms with Crippen molar-refractivity contribution in [3.8, 4) is 5.75 Å². The molecule has 1 aromatic rings. The molecule has 1 aliphatic rings. The van der Waals surface area contributed by atoms with Gasteiger partial charge in [-0.2, -0.15) is 0 Å². The maximum absolute atomic E-state index is 12.5. The monoisotopic (exact) mass is 305 g/mol. The van der Waals surface area contributed by atoms with Crippen LogP contribution >= 0.6 is 0 Å². The van der Waals surface area contributed by atoms with Crippen LogP contribution in [0.4, 0.5) is 0 Å².